The lowest BCUT2D eigenvalue weighted by molar-refractivity contribution is 0.00578. The second kappa shape index (κ2) is 11.6. The Kier molecular flexibility index (Phi) is 7.27. The lowest BCUT2D eigenvalue weighted by atomic mass is 9.61. The standard InChI is InChI=1S/C47H43BO3/c1-7-30(2)31-22-26-33(27-23-31)47(40-19-10-8-14-36(40)37-15-9-11-20-41(37)47)34-28-24-32(25-29-34)35-16-12-17-38-39-18-13-21-42(44(39)49-43(35)38)48-50-45(3,4)46(5,6)51-48/h7-22,24-26,28-29,31,33H,1-2,23,27H2,3-6H3. The third-order valence-electron chi connectivity index (χ3n) is 12.4. The van der Waals surface area contributed by atoms with Crippen molar-refractivity contribution in [3.8, 4) is 22.3 Å². The first-order chi connectivity index (χ1) is 24.6. The van der Waals surface area contributed by atoms with Crippen LogP contribution in [0.15, 0.2) is 151 Å². The van der Waals surface area contributed by atoms with Crippen molar-refractivity contribution in [3.05, 3.63) is 163 Å². The van der Waals surface area contributed by atoms with Crippen molar-refractivity contribution in [3.63, 3.8) is 0 Å². The lowest BCUT2D eigenvalue weighted by Crippen LogP contribution is -2.41. The smallest absolute Gasteiger partial charge is 0.456 e. The monoisotopic (exact) mass is 666 g/mol. The van der Waals surface area contributed by atoms with E-state index >= 15 is 0 Å². The molecular formula is C47H43BO3. The predicted octanol–water partition coefficient (Wildman–Crippen LogP) is 11.2. The topological polar surface area (TPSA) is 31.6 Å². The highest BCUT2D eigenvalue weighted by molar-refractivity contribution is 6.65. The molecule has 1 aliphatic heterocycles. The molecule has 5 aromatic carbocycles. The van der Waals surface area contributed by atoms with Gasteiger partial charge in [-0.05, 0) is 85.4 Å². The number of benzene rings is 5. The van der Waals surface area contributed by atoms with Crippen molar-refractivity contribution in [2.75, 3.05) is 0 Å². The van der Waals surface area contributed by atoms with Crippen LogP contribution in [0, 0.1) is 11.8 Å². The van der Waals surface area contributed by atoms with Crippen molar-refractivity contribution in [1.82, 2.24) is 0 Å². The fraction of sp³-hybridized carbons (Fsp3) is 0.234. The first-order valence-electron chi connectivity index (χ1n) is 18.2. The van der Waals surface area contributed by atoms with Gasteiger partial charge >= 0.3 is 7.12 Å². The Balaban J connectivity index is 1.17. The van der Waals surface area contributed by atoms with E-state index in [0.717, 1.165) is 56.9 Å². The number of rotatable bonds is 6. The van der Waals surface area contributed by atoms with Gasteiger partial charge in [0.25, 0.3) is 0 Å². The highest BCUT2D eigenvalue weighted by Gasteiger charge is 2.53. The zero-order chi connectivity index (χ0) is 35.1. The SMILES string of the molecule is C=CC(=C)C1C=CC(C2(c3ccc(-c4cccc5c4oc4c(B6OC(C)(C)C(C)(C)O6)cccc45)cc3)c3ccccc3-c3ccccc32)CC1. The van der Waals surface area contributed by atoms with Gasteiger partial charge in [-0.15, -0.1) is 0 Å². The number of hydrogen-bond donors (Lipinski definition) is 0. The summed E-state index contributed by atoms with van der Waals surface area (Å²) in [7, 11) is -0.505. The van der Waals surface area contributed by atoms with Gasteiger partial charge in [0.1, 0.15) is 11.2 Å². The molecule has 0 saturated carbocycles. The van der Waals surface area contributed by atoms with Crippen LogP contribution in [0.25, 0.3) is 44.2 Å². The van der Waals surface area contributed by atoms with Gasteiger partial charge in [-0.25, -0.2) is 0 Å². The van der Waals surface area contributed by atoms with Gasteiger partial charge in [-0.1, -0.05) is 141 Å². The number of allylic oxidation sites excluding steroid dienone is 4. The molecule has 1 saturated heterocycles. The number of para-hydroxylation sites is 2. The third-order valence-corrected chi connectivity index (χ3v) is 12.4. The molecule has 0 N–H and O–H groups in total. The van der Waals surface area contributed by atoms with Crippen molar-refractivity contribution in [2.45, 2.75) is 57.2 Å². The highest BCUT2D eigenvalue weighted by atomic mass is 16.7. The molecule has 0 spiro atoms. The summed E-state index contributed by atoms with van der Waals surface area (Å²) in [5.41, 5.74) is 11.4. The normalized spacial score (nSPS) is 21.1. The van der Waals surface area contributed by atoms with E-state index in [9.17, 15) is 0 Å². The van der Waals surface area contributed by atoms with Crippen molar-refractivity contribution >= 4 is 34.5 Å². The van der Waals surface area contributed by atoms with E-state index in [1.54, 1.807) is 0 Å². The molecule has 51 heavy (non-hydrogen) atoms. The molecule has 4 heteroatoms. The van der Waals surface area contributed by atoms with Crippen LogP contribution in [0.2, 0.25) is 0 Å². The summed E-state index contributed by atoms with van der Waals surface area (Å²) in [6.07, 6.45) is 8.85. The molecule has 6 aromatic rings. The quantitative estimate of drug-likeness (QED) is 0.101. The summed E-state index contributed by atoms with van der Waals surface area (Å²) >= 11 is 0. The van der Waals surface area contributed by atoms with Crippen LogP contribution >= 0.6 is 0 Å². The Bertz CT molecular complexity index is 2330. The highest BCUT2D eigenvalue weighted by Crippen LogP contribution is 2.58. The van der Waals surface area contributed by atoms with Crippen molar-refractivity contribution < 1.29 is 13.7 Å². The van der Waals surface area contributed by atoms with E-state index in [-0.39, 0.29) is 11.3 Å². The Morgan fingerprint density at radius 1 is 0.667 bits per heavy atom. The van der Waals surface area contributed by atoms with Gasteiger partial charge in [-0.2, -0.15) is 0 Å². The molecule has 252 valence electrons. The van der Waals surface area contributed by atoms with E-state index in [4.69, 9.17) is 13.7 Å². The van der Waals surface area contributed by atoms with Crippen LogP contribution in [0.5, 0.6) is 0 Å². The Morgan fingerprint density at radius 3 is 1.86 bits per heavy atom. The molecule has 0 amide bonds. The average molecular weight is 667 g/mol. The zero-order valence-corrected chi connectivity index (χ0v) is 29.9. The summed E-state index contributed by atoms with van der Waals surface area (Å²) in [5.74, 6) is 0.619. The van der Waals surface area contributed by atoms with Crippen LogP contribution in [0.1, 0.15) is 57.2 Å². The maximum Gasteiger partial charge on any atom is 0.498 e. The first kappa shape index (κ1) is 32.0. The second-order valence-electron chi connectivity index (χ2n) is 15.5. The summed E-state index contributed by atoms with van der Waals surface area (Å²) < 4.78 is 19.7. The van der Waals surface area contributed by atoms with Crippen LogP contribution in [0.3, 0.4) is 0 Å². The molecule has 0 radical (unpaired) electrons. The zero-order valence-electron chi connectivity index (χ0n) is 29.9. The first-order valence-corrected chi connectivity index (χ1v) is 18.2. The molecule has 3 aliphatic rings. The number of hydrogen-bond acceptors (Lipinski definition) is 3. The van der Waals surface area contributed by atoms with Crippen molar-refractivity contribution in [1.29, 1.82) is 0 Å². The molecule has 2 atom stereocenters. The van der Waals surface area contributed by atoms with Gasteiger partial charge in [0.15, 0.2) is 0 Å². The van der Waals surface area contributed by atoms with Gasteiger partial charge in [0.2, 0.25) is 0 Å². The fourth-order valence-corrected chi connectivity index (χ4v) is 8.97. The van der Waals surface area contributed by atoms with Crippen molar-refractivity contribution in [2.24, 2.45) is 11.8 Å². The van der Waals surface area contributed by atoms with Crippen LogP contribution in [-0.4, -0.2) is 18.3 Å². The van der Waals surface area contributed by atoms with E-state index in [0.29, 0.717) is 5.92 Å². The van der Waals surface area contributed by atoms with E-state index in [1.165, 1.54) is 27.8 Å². The minimum absolute atomic E-state index is 0.286. The van der Waals surface area contributed by atoms with E-state index in [2.05, 4.69) is 162 Å². The van der Waals surface area contributed by atoms with E-state index < -0.39 is 18.3 Å². The molecule has 2 heterocycles. The fourth-order valence-electron chi connectivity index (χ4n) is 8.97. The Hall–Kier alpha value is -4.90. The second-order valence-corrected chi connectivity index (χ2v) is 15.5. The maximum atomic E-state index is 6.81. The summed E-state index contributed by atoms with van der Waals surface area (Å²) in [6.45, 7) is 16.6. The van der Waals surface area contributed by atoms with Gasteiger partial charge in [0, 0.05) is 27.7 Å². The van der Waals surface area contributed by atoms with Gasteiger partial charge in [0.05, 0.1) is 16.6 Å². The average Bonchev–Trinajstić information content (AvgIpc) is 3.76. The summed E-state index contributed by atoms with van der Waals surface area (Å²) in [4.78, 5) is 0. The predicted molar refractivity (Wildman–Crippen MR) is 211 cm³/mol. The minimum atomic E-state index is -0.505. The largest absolute Gasteiger partial charge is 0.498 e. The third kappa shape index (κ3) is 4.66. The van der Waals surface area contributed by atoms with Crippen LogP contribution in [0.4, 0.5) is 0 Å². The van der Waals surface area contributed by atoms with Gasteiger partial charge < -0.3 is 13.7 Å². The molecular weight excluding hydrogens is 623 g/mol. The summed E-state index contributed by atoms with van der Waals surface area (Å²) in [6, 6.07) is 40.0. The molecule has 3 nitrogen and oxygen atoms in total. The number of furan rings is 1. The molecule has 0 bridgehead atoms. The summed E-state index contributed by atoms with van der Waals surface area (Å²) in [5, 5.41) is 2.15. The molecule has 1 aromatic heterocycles. The maximum absolute atomic E-state index is 6.81. The van der Waals surface area contributed by atoms with Crippen LogP contribution < -0.4 is 5.46 Å². The molecule has 2 unspecified atom stereocenters. The molecule has 9 rings (SSSR count). The minimum Gasteiger partial charge on any atom is -0.456 e. The number of fused-ring (bicyclic) bond motifs is 6. The molecule has 2 aliphatic carbocycles. The van der Waals surface area contributed by atoms with E-state index in [1.807, 2.05) is 6.08 Å². The molecule has 1 fully saturated rings. The van der Waals surface area contributed by atoms with Crippen LogP contribution in [-0.2, 0) is 14.7 Å². The Morgan fingerprint density at radius 2 is 1.25 bits per heavy atom. The lowest BCUT2D eigenvalue weighted by Gasteiger charge is -2.41. The van der Waals surface area contributed by atoms with Gasteiger partial charge in [-0.3, -0.25) is 0 Å². The Labute approximate surface area is 301 Å².